The van der Waals surface area contributed by atoms with E-state index in [-0.39, 0.29) is 5.56 Å². The summed E-state index contributed by atoms with van der Waals surface area (Å²) in [6.07, 6.45) is 2.61. The van der Waals surface area contributed by atoms with Crippen LogP contribution in [0.4, 0.5) is 9.80 Å². The van der Waals surface area contributed by atoms with Gasteiger partial charge in [-0.2, -0.15) is 0 Å². The average Bonchev–Trinajstić information content (AvgIpc) is 3.14. The van der Waals surface area contributed by atoms with Crippen LogP contribution >= 0.6 is 11.3 Å². The predicted molar refractivity (Wildman–Crippen MR) is 110 cm³/mol. The van der Waals surface area contributed by atoms with Crippen molar-refractivity contribution in [3.05, 3.63) is 58.0 Å². The van der Waals surface area contributed by atoms with E-state index >= 15 is 0 Å². The lowest BCUT2D eigenvalue weighted by atomic mass is 9.92. The number of hydrogen-bond donors (Lipinski definition) is 3. The van der Waals surface area contributed by atoms with Gasteiger partial charge < -0.3 is 10.4 Å². The second kappa shape index (κ2) is 7.19. The quantitative estimate of drug-likeness (QED) is 0.677. The Morgan fingerprint density at radius 3 is 2.67 bits per heavy atom. The first-order chi connectivity index (χ1) is 12.7. The third-order valence-corrected chi connectivity index (χ3v) is 6.07. The number of thiophene rings is 1. The Bertz CT molecular complexity index is 928. The summed E-state index contributed by atoms with van der Waals surface area (Å²) in [5.41, 5.74) is 3.41. The van der Waals surface area contributed by atoms with Crippen LogP contribution in [0.1, 0.15) is 59.1 Å². The van der Waals surface area contributed by atoms with E-state index in [0.29, 0.717) is 5.00 Å². The minimum absolute atomic E-state index is 0.240. The van der Waals surface area contributed by atoms with Crippen LogP contribution in [0.25, 0.3) is 5.57 Å². The molecule has 1 heterocycles. The molecule has 0 radical (unpaired) electrons. The van der Waals surface area contributed by atoms with Crippen LogP contribution in [0.15, 0.2) is 30.8 Å². The molecule has 0 saturated carbocycles. The second-order valence-corrected chi connectivity index (χ2v) is 8.54. The first-order valence-electron chi connectivity index (χ1n) is 8.92. The van der Waals surface area contributed by atoms with Gasteiger partial charge in [0, 0.05) is 4.88 Å². The first kappa shape index (κ1) is 19.2. The fraction of sp³-hybridized carbons (Fsp3) is 0.333. The highest BCUT2D eigenvalue weighted by Gasteiger charge is 2.29. The van der Waals surface area contributed by atoms with E-state index in [1.165, 1.54) is 11.3 Å². The van der Waals surface area contributed by atoms with Crippen LogP contribution in [-0.4, -0.2) is 17.1 Å². The van der Waals surface area contributed by atoms with Crippen molar-refractivity contribution in [2.24, 2.45) is 0 Å². The number of urea groups is 1. The van der Waals surface area contributed by atoms with Crippen molar-refractivity contribution in [1.29, 1.82) is 0 Å². The minimum Gasteiger partial charge on any atom is -0.478 e. The summed E-state index contributed by atoms with van der Waals surface area (Å²) >= 11 is 1.37. The number of aromatic carboxylic acids is 1. The van der Waals surface area contributed by atoms with E-state index in [9.17, 15) is 14.7 Å². The number of amides is 2. The van der Waals surface area contributed by atoms with E-state index in [1.54, 1.807) is 0 Å². The first-order valence-corrected chi connectivity index (χ1v) is 9.74. The van der Waals surface area contributed by atoms with Crippen molar-refractivity contribution in [2.75, 3.05) is 5.32 Å². The molecule has 1 aromatic heterocycles. The highest BCUT2D eigenvalue weighted by molar-refractivity contribution is 7.17. The standard InChI is InChI=1S/C21H24N2O3S/c1-12(2)13-7-5-8-14(11-13)21(3,4)23-20(26)22-18-17(19(24)25)15-9-6-10-16(15)27-18/h5,7-8,11H,1,6,9-10H2,2-4H3,(H,24,25)(H2,22,23,26). The van der Waals surface area contributed by atoms with Gasteiger partial charge >= 0.3 is 12.0 Å². The molecule has 0 spiro atoms. The van der Waals surface area contributed by atoms with Crippen LogP contribution in [0.2, 0.25) is 0 Å². The van der Waals surface area contributed by atoms with Crippen LogP contribution < -0.4 is 10.6 Å². The van der Waals surface area contributed by atoms with Crippen LogP contribution in [0.3, 0.4) is 0 Å². The Morgan fingerprint density at radius 1 is 1.26 bits per heavy atom. The van der Waals surface area contributed by atoms with Crippen molar-refractivity contribution in [1.82, 2.24) is 5.32 Å². The van der Waals surface area contributed by atoms with Gasteiger partial charge in [-0.1, -0.05) is 30.4 Å². The van der Waals surface area contributed by atoms with Crippen molar-refractivity contribution >= 4 is 33.9 Å². The van der Waals surface area contributed by atoms with Gasteiger partial charge in [-0.05, 0) is 62.8 Å². The smallest absolute Gasteiger partial charge is 0.339 e. The summed E-state index contributed by atoms with van der Waals surface area (Å²) in [6.45, 7) is 9.73. The number of carbonyl (C=O) groups is 2. The molecule has 3 rings (SSSR count). The molecule has 0 saturated heterocycles. The molecular formula is C21H24N2O3S. The fourth-order valence-corrected chi connectivity index (χ4v) is 4.66. The third-order valence-electron chi connectivity index (χ3n) is 4.87. The van der Waals surface area contributed by atoms with Crippen LogP contribution in [0.5, 0.6) is 0 Å². The number of fused-ring (bicyclic) bond motifs is 1. The number of aryl methyl sites for hydroxylation is 1. The Balaban J connectivity index is 1.79. The Labute approximate surface area is 163 Å². The van der Waals surface area contributed by atoms with E-state index in [4.69, 9.17) is 0 Å². The average molecular weight is 385 g/mol. The van der Waals surface area contributed by atoms with Crippen molar-refractivity contribution < 1.29 is 14.7 Å². The minimum atomic E-state index is -0.988. The van der Waals surface area contributed by atoms with Crippen LogP contribution in [-0.2, 0) is 18.4 Å². The summed E-state index contributed by atoms with van der Waals surface area (Å²) in [6, 6.07) is 7.46. The molecule has 27 heavy (non-hydrogen) atoms. The largest absolute Gasteiger partial charge is 0.478 e. The molecule has 2 aromatic rings. The van der Waals surface area contributed by atoms with Gasteiger partial charge in [0.25, 0.3) is 0 Å². The molecule has 0 fully saturated rings. The summed E-state index contributed by atoms with van der Waals surface area (Å²) in [5.74, 6) is -0.988. The maximum atomic E-state index is 12.6. The highest BCUT2D eigenvalue weighted by Crippen LogP contribution is 2.39. The molecule has 1 aromatic carbocycles. The summed E-state index contributed by atoms with van der Waals surface area (Å²) in [4.78, 5) is 25.3. The molecule has 0 aliphatic heterocycles. The molecule has 5 nitrogen and oxygen atoms in total. The number of allylic oxidation sites excluding steroid dienone is 1. The molecule has 6 heteroatoms. The number of carboxylic acid groups (broad SMARTS) is 1. The zero-order valence-electron chi connectivity index (χ0n) is 15.8. The molecule has 1 aliphatic carbocycles. The molecule has 142 valence electrons. The van der Waals surface area contributed by atoms with Crippen molar-refractivity contribution in [2.45, 2.75) is 45.6 Å². The number of carbonyl (C=O) groups excluding carboxylic acids is 1. The Kier molecular flexibility index (Phi) is 5.11. The van der Waals surface area contributed by atoms with E-state index < -0.39 is 17.5 Å². The van der Waals surface area contributed by atoms with Gasteiger partial charge in [-0.3, -0.25) is 5.32 Å². The Hall–Kier alpha value is -2.60. The van der Waals surface area contributed by atoms with Gasteiger partial charge in [0.15, 0.2) is 0 Å². The Morgan fingerprint density at radius 2 is 2.00 bits per heavy atom. The predicted octanol–water partition coefficient (Wildman–Crippen LogP) is 5.02. The number of benzene rings is 1. The van der Waals surface area contributed by atoms with Crippen molar-refractivity contribution in [3.63, 3.8) is 0 Å². The summed E-state index contributed by atoms with van der Waals surface area (Å²) < 4.78 is 0. The zero-order chi connectivity index (χ0) is 19.8. The molecule has 0 bridgehead atoms. The van der Waals surface area contributed by atoms with Gasteiger partial charge in [0.2, 0.25) is 0 Å². The SMILES string of the molecule is C=C(C)c1cccc(C(C)(C)NC(=O)Nc2sc3c(c2C(=O)O)CCC3)c1. The third kappa shape index (κ3) is 3.90. The molecule has 0 atom stereocenters. The van der Waals surface area contributed by atoms with Gasteiger partial charge in [0.1, 0.15) is 5.00 Å². The maximum Gasteiger partial charge on any atom is 0.339 e. The number of hydrogen-bond acceptors (Lipinski definition) is 3. The van der Waals surface area contributed by atoms with E-state index in [1.807, 2.05) is 45.0 Å². The van der Waals surface area contributed by atoms with E-state index in [2.05, 4.69) is 17.2 Å². The molecular weight excluding hydrogens is 360 g/mol. The molecule has 3 N–H and O–H groups in total. The van der Waals surface area contributed by atoms with E-state index in [0.717, 1.165) is 46.4 Å². The number of carboxylic acids is 1. The van der Waals surface area contributed by atoms with Gasteiger partial charge in [0.05, 0.1) is 11.1 Å². The van der Waals surface area contributed by atoms with Crippen LogP contribution in [0, 0.1) is 0 Å². The number of anilines is 1. The number of rotatable bonds is 5. The van der Waals surface area contributed by atoms with Gasteiger partial charge in [-0.25, -0.2) is 9.59 Å². The topological polar surface area (TPSA) is 78.4 Å². The molecule has 2 amide bonds. The lowest BCUT2D eigenvalue weighted by molar-refractivity contribution is 0.0697. The lowest BCUT2D eigenvalue weighted by Crippen LogP contribution is -2.43. The number of nitrogens with one attached hydrogen (secondary N) is 2. The summed E-state index contributed by atoms with van der Waals surface area (Å²) in [7, 11) is 0. The van der Waals surface area contributed by atoms with Crippen molar-refractivity contribution in [3.8, 4) is 0 Å². The second-order valence-electron chi connectivity index (χ2n) is 7.43. The molecule has 1 aliphatic rings. The molecule has 0 unspecified atom stereocenters. The maximum absolute atomic E-state index is 12.6. The monoisotopic (exact) mass is 384 g/mol. The normalized spacial score (nSPS) is 13.1. The summed E-state index contributed by atoms with van der Waals surface area (Å²) in [5, 5.41) is 15.7. The fourth-order valence-electron chi connectivity index (χ4n) is 3.38. The zero-order valence-corrected chi connectivity index (χ0v) is 16.6. The highest BCUT2D eigenvalue weighted by atomic mass is 32.1. The lowest BCUT2D eigenvalue weighted by Gasteiger charge is -2.27. The van der Waals surface area contributed by atoms with Gasteiger partial charge in [-0.15, -0.1) is 11.3 Å².